The van der Waals surface area contributed by atoms with Crippen molar-refractivity contribution in [1.82, 2.24) is 10.6 Å². The van der Waals surface area contributed by atoms with E-state index in [0.29, 0.717) is 0 Å². The Morgan fingerprint density at radius 3 is 3.17 bits per heavy atom. The summed E-state index contributed by atoms with van der Waals surface area (Å²) in [6.07, 6.45) is 6.95. The van der Waals surface area contributed by atoms with Crippen molar-refractivity contribution in [3.05, 3.63) is 23.7 Å². The Labute approximate surface area is 107 Å². The molecule has 2 aliphatic rings. The Morgan fingerprint density at radius 1 is 1.39 bits per heavy atom. The molecule has 1 fully saturated rings. The van der Waals surface area contributed by atoms with Gasteiger partial charge in [-0.25, -0.2) is 0 Å². The first-order valence-electron chi connectivity index (χ1n) is 6.92. The van der Waals surface area contributed by atoms with Crippen LogP contribution in [0.15, 0.2) is 16.7 Å². The van der Waals surface area contributed by atoms with E-state index in [1.165, 1.54) is 5.56 Å². The maximum Gasteiger partial charge on any atom is 0.224 e. The highest BCUT2D eigenvalue weighted by atomic mass is 16.3. The van der Waals surface area contributed by atoms with Crippen LogP contribution in [0.25, 0.3) is 0 Å². The molecule has 0 saturated carbocycles. The van der Waals surface area contributed by atoms with Gasteiger partial charge in [0.15, 0.2) is 0 Å². The van der Waals surface area contributed by atoms with Crippen LogP contribution in [0.2, 0.25) is 0 Å². The summed E-state index contributed by atoms with van der Waals surface area (Å²) >= 11 is 0. The smallest absolute Gasteiger partial charge is 0.224 e. The van der Waals surface area contributed by atoms with E-state index in [0.717, 1.165) is 51.0 Å². The van der Waals surface area contributed by atoms with Crippen LogP contribution in [0.1, 0.15) is 43.0 Å². The Balaban J connectivity index is 1.65. The normalized spacial score (nSPS) is 27.6. The molecule has 4 heteroatoms. The highest BCUT2D eigenvalue weighted by Gasteiger charge is 2.27. The minimum absolute atomic E-state index is 0.135. The second-order valence-electron chi connectivity index (χ2n) is 5.30. The van der Waals surface area contributed by atoms with Crippen LogP contribution in [0.4, 0.5) is 0 Å². The molecule has 4 nitrogen and oxygen atoms in total. The highest BCUT2D eigenvalue weighted by molar-refractivity contribution is 5.79. The first-order chi connectivity index (χ1) is 8.84. The van der Waals surface area contributed by atoms with Crippen molar-refractivity contribution in [1.29, 1.82) is 0 Å². The molecule has 2 atom stereocenters. The zero-order valence-corrected chi connectivity index (χ0v) is 10.6. The number of aryl methyl sites for hydroxylation is 1. The minimum atomic E-state index is 0.135. The molecule has 1 amide bonds. The molecule has 2 N–H and O–H groups in total. The van der Waals surface area contributed by atoms with Gasteiger partial charge in [0.2, 0.25) is 5.91 Å². The van der Waals surface area contributed by atoms with Crippen molar-refractivity contribution in [3.63, 3.8) is 0 Å². The molecule has 1 aromatic rings. The monoisotopic (exact) mass is 248 g/mol. The van der Waals surface area contributed by atoms with Crippen molar-refractivity contribution >= 4 is 5.91 Å². The second-order valence-corrected chi connectivity index (χ2v) is 5.30. The molecule has 0 spiro atoms. The van der Waals surface area contributed by atoms with Crippen LogP contribution in [0, 0.1) is 5.92 Å². The quantitative estimate of drug-likeness (QED) is 0.838. The molecule has 1 aliphatic carbocycles. The molecule has 1 saturated heterocycles. The van der Waals surface area contributed by atoms with Gasteiger partial charge < -0.3 is 15.1 Å². The number of nitrogens with one attached hydrogen (secondary N) is 2. The maximum absolute atomic E-state index is 12.2. The first-order valence-corrected chi connectivity index (χ1v) is 6.92. The van der Waals surface area contributed by atoms with E-state index in [4.69, 9.17) is 4.42 Å². The summed E-state index contributed by atoms with van der Waals surface area (Å²) in [5.41, 5.74) is 1.18. The lowest BCUT2D eigenvalue weighted by Crippen LogP contribution is -2.42. The topological polar surface area (TPSA) is 54.3 Å². The number of amides is 1. The number of carbonyl (C=O) groups is 1. The average molecular weight is 248 g/mol. The summed E-state index contributed by atoms with van der Waals surface area (Å²) in [6.45, 7) is 1.86. The number of piperidine rings is 1. The van der Waals surface area contributed by atoms with Gasteiger partial charge in [-0.1, -0.05) is 0 Å². The molecule has 18 heavy (non-hydrogen) atoms. The molecule has 1 aromatic heterocycles. The summed E-state index contributed by atoms with van der Waals surface area (Å²) in [5, 5.41) is 6.48. The van der Waals surface area contributed by atoms with E-state index in [1.807, 2.05) is 6.07 Å². The van der Waals surface area contributed by atoms with Crippen molar-refractivity contribution in [2.45, 2.75) is 38.1 Å². The van der Waals surface area contributed by atoms with Gasteiger partial charge in [-0.2, -0.15) is 0 Å². The molecular formula is C14H20N2O2. The molecular weight excluding hydrogens is 228 g/mol. The van der Waals surface area contributed by atoms with Gasteiger partial charge in [0.1, 0.15) is 5.76 Å². The van der Waals surface area contributed by atoms with Gasteiger partial charge in [0.05, 0.1) is 18.2 Å². The molecule has 3 rings (SSSR count). The van der Waals surface area contributed by atoms with Crippen molar-refractivity contribution in [3.8, 4) is 0 Å². The van der Waals surface area contributed by atoms with Crippen LogP contribution in [0.3, 0.4) is 0 Å². The van der Waals surface area contributed by atoms with Gasteiger partial charge in [0.25, 0.3) is 0 Å². The summed E-state index contributed by atoms with van der Waals surface area (Å²) in [4.78, 5) is 12.2. The minimum Gasteiger partial charge on any atom is -0.469 e. The predicted octanol–water partition coefficient (Wildman–Crippen LogP) is 1.77. The van der Waals surface area contributed by atoms with Crippen LogP contribution >= 0.6 is 0 Å². The van der Waals surface area contributed by atoms with Crippen LogP contribution in [0.5, 0.6) is 0 Å². The van der Waals surface area contributed by atoms with Crippen LogP contribution < -0.4 is 10.6 Å². The fourth-order valence-corrected chi connectivity index (χ4v) is 3.00. The Kier molecular flexibility index (Phi) is 3.37. The Hall–Kier alpha value is -1.29. The van der Waals surface area contributed by atoms with Gasteiger partial charge in [0, 0.05) is 18.5 Å². The maximum atomic E-state index is 12.2. The van der Waals surface area contributed by atoms with E-state index < -0.39 is 0 Å². The van der Waals surface area contributed by atoms with E-state index in [2.05, 4.69) is 10.6 Å². The van der Waals surface area contributed by atoms with Crippen LogP contribution in [-0.4, -0.2) is 19.0 Å². The molecule has 0 aromatic carbocycles. The largest absolute Gasteiger partial charge is 0.469 e. The van der Waals surface area contributed by atoms with Gasteiger partial charge >= 0.3 is 0 Å². The molecule has 1 aliphatic heterocycles. The molecule has 0 bridgehead atoms. The Morgan fingerprint density at radius 2 is 2.33 bits per heavy atom. The van der Waals surface area contributed by atoms with Crippen molar-refractivity contribution in [2.24, 2.45) is 5.92 Å². The third kappa shape index (κ3) is 2.29. The third-order valence-electron chi connectivity index (χ3n) is 4.04. The number of hydrogen-bond acceptors (Lipinski definition) is 3. The fourth-order valence-electron chi connectivity index (χ4n) is 3.00. The van der Waals surface area contributed by atoms with E-state index in [1.54, 1.807) is 6.26 Å². The lowest BCUT2D eigenvalue weighted by atomic mass is 9.92. The molecule has 98 valence electrons. The fraction of sp³-hybridized carbons (Fsp3) is 0.643. The predicted molar refractivity (Wildman–Crippen MR) is 68.1 cm³/mol. The molecule has 1 unspecified atom stereocenters. The summed E-state index contributed by atoms with van der Waals surface area (Å²) in [6, 6.07) is 2.15. The average Bonchev–Trinajstić information content (AvgIpc) is 2.89. The number of hydrogen-bond donors (Lipinski definition) is 2. The molecule has 2 heterocycles. The van der Waals surface area contributed by atoms with E-state index >= 15 is 0 Å². The third-order valence-corrected chi connectivity index (χ3v) is 4.04. The lowest BCUT2D eigenvalue weighted by molar-refractivity contribution is -0.126. The number of furan rings is 1. The van der Waals surface area contributed by atoms with Gasteiger partial charge in [-0.05, 0) is 38.3 Å². The number of rotatable bonds is 2. The number of carbonyl (C=O) groups excluding carboxylic acids is 1. The zero-order valence-electron chi connectivity index (χ0n) is 10.6. The van der Waals surface area contributed by atoms with Gasteiger partial charge in [-0.3, -0.25) is 4.79 Å². The summed E-state index contributed by atoms with van der Waals surface area (Å²) in [7, 11) is 0. The van der Waals surface area contributed by atoms with Crippen LogP contribution in [-0.2, 0) is 11.2 Å². The summed E-state index contributed by atoms with van der Waals surface area (Å²) in [5.74, 6) is 1.38. The SMILES string of the molecule is O=C(NC1CCCc2occc21)[C@H]1CCCNC1. The van der Waals surface area contributed by atoms with E-state index in [9.17, 15) is 4.79 Å². The second kappa shape index (κ2) is 5.14. The Bertz CT molecular complexity index is 421. The lowest BCUT2D eigenvalue weighted by Gasteiger charge is -2.27. The summed E-state index contributed by atoms with van der Waals surface area (Å²) < 4.78 is 5.45. The number of fused-ring (bicyclic) bond motifs is 1. The first kappa shape index (κ1) is 11.8. The van der Waals surface area contributed by atoms with Gasteiger partial charge in [-0.15, -0.1) is 0 Å². The van der Waals surface area contributed by atoms with Crippen molar-refractivity contribution < 1.29 is 9.21 Å². The highest BCUT2D eigenvalue weighted by Crippen LogP contribution is 2.30. The molecule has 0 radical (unpaired) electrons. The standard InChI is InChI=1S/C14H20N2O2/c17-14(10-3-2-7-15-9-10)16-12-4-1-5-13-11(12)6-8-18-13/h6,8,10,12,15H,1-5,7,9H2,(H,16,17)/t10-,12?/m0/s1. The van der Waals surface area contributed by atoms with Crippen molar-refractivity contribution in [2.75, 3.05) is 13.1 Å². The zero-order chi connectivity index (χ0) is 12.4. The van der Waals surface area contributed by atoms with E-state index in [-0.39, 0.29) is 17.9 Å².